The van der Waals surface area contributed by atoms with Crippen LogP contribution in [0.25, 0.3) is 0 Å². The first-order valence-electron chi connectivity index (χ1n) is 9.77. The Labute approximate surface area is 157 Å². The number of carbonyl (C=O) groups is 2. The summed E-state index contributed by atoms with van der Waals surface area (Å²) in [5.41, 5.74) is 3.02. The molecule has 0 N–H and O–H groups in total. The van der Waals surface area contributed by atoms with Crippen LogP contribution in [0.5, 0.6) is 0 Å². The lowest BCUT2D eigenvalue weighted by Crippen LogP contribution is -2.53. The largest absolute Gasteiger partial charge is 0.346 e. The highest BCUT2D eigenvalue weighted by atomic mass is 16.2. The summed E-state index contributed by atoms with van der Waals surface area (Å²) in [5.74, 6) is 0.175. The number of Topliss-reactive ketones (excluding diaryl/α,β-unsaturated/α-hetero) is 1. The highest BCUT2D eigenvalue weighted by molar-refractivity contribution is 5.99. The highest BCUT2D eigenvalue weighted by Gasteiger charge is 2.26. The van der Waals surface area contributed by atoms with Crippen molar-refractivity contribution in [3.8, 4) is 0 Å². The summed E-state index contributed by atoms with van der Waals surface area (Å²) in [5, 5.41) is 0. The summed E-state index contributed by atoms with van der Waals surface area (Å²) >= 11 is 0. The van der Waals surface area contributed by atoms with Crippen LogP contribution in [0.4, 0.5) is 4.79 Å². The van der Waals surface area contributed by atoms with E-state index in [2.05, 4.69) is 30.2 Å². The van der Waals surface area contributed by atoms with Gasteiger partial charge in [-0.25, -0.2) is 4.79 Å². The second-order valence-corrected chi connectivity index (χ2v) is 7.39. The van der Waals surface area contributed by atoms with Gasteiger partial charge >= 0.3 is 6.03 Å². The second-order valence-electron chi connectivity index (χ2n) is 7.39. The molecule has 1 saturated heterocycles. The van der Waals surface area contributed by atoms with Crippen LogP contribution in [0, 0.1) is 13.8 Å². The average molecular weight is 363 g/mol. The summed E-state index contributed by atoms with van der Waals surface area (Å²) in [6, 6.07) is 2.48. The predicted octanol–water partition coefficient (Wildman–Crippen LogP) is 2.95. The van der Waals surface area contributed by atoms with Gasteiger partial charge in [-0.1, -0.05) is 0 Å². The van der Waals surface area contributed by atoms with Gasteiger partial charge in [-0.05, 0) is 47.6 Å². The molecule has 0 aliphatic carbocycles. The summed E-state index contributed by atoms with van der Waals surface area (Å²) in [7, 11) is 0. The normalized spacial score (nSPS) is 15.6. The molecule has 0 unspecified atom stereocenters. The topological polar surface area (TPSA) is 48.8 Å². The molecule has 1 aromatic rings. The molecule has 2 amide bonds. The van der Waals surface area contributed by atoms with Crippen LogP contribution in [0.15, 0.2) is 6.07 Å². The van der Waals surface area contributed by atoms with Gasteiger partial charge in [-0.3, -0.25) is 9.69 Å². The van der Waals surface area contributed by atoms with Gasteiger partial charge < -0.3 is 14.4 Å². The van der Waals surface area contributed by atoms with Crippen molar-refractivity contribution in [3.05, 3.63) is 23.0 Å². The number of amides is 2. The number of rotatable bonds is 6. The number of aryl methyl sites for hydroxylation is 1. The molecule has 1 fully saturated rings. The number of aromatic nitrogens is 1. The van der Waals surface area contributed by atoms with Gasteiger partial charge in [0.05, 0.1) is 6.54 Å². The van der Waals surface area contributed by atoms with Crippen molar-refractivity contribution >= 4 is 11.8 Å². The molecule has 1 aliphatic heterocycles. The van der Waals surface area contributed by atoms with Crippen LogP contribution < -0.4 is 0 Å². The number of urea groups is 1. The molecular weight excluding hydrogens is 328 g/mol. The van der Waals surface area contributed by atoms with E-state index in [0.29, 0.717) is 25.7 Å². The average Bonchev–Trinajstić information content (AvgIpc) is 2.91. The zero-order chi connectivity index (χ0) is 19.4. The van der Waals surface area contributed by atoms with Gasteiger partial charge in [0.25, 0.3) is 0 Å². The van der Waals surface area contributed by atoms with Crippen molar-refractivity contribution < 1.29 is 9.59 Å². The Kier molecular flexibility index (Phi) is 6.87. The smallest absolute Gasteiger partial charge is 0.320 e. The molecule has 26 heavy (non-hydrogen) atoms. The van der Waals surface area contributed by atoms with Crippen LogP contribution in [-0.2, 0) is 0 Å². The number of nitrogens with zero attached hydrogens (tertiary/aromatic N) is 4. The maximum absolute atomic E-state index is 12.8. The van der Waals surface area contributed by atoms with Gasteiger partial charge in [0.15, 0.2) is 5.78 Å². The van der Waals surface area contributed by atoms with Gasteiger partial charge in [0, 0.05) is 62.3 Å². The first-order valence-corrected chi connectivity index (χ1v) is 9.77. The standard InChI is InChI=1S/C20H34N4O2/c1-7-22(8-2)20(26)23-11-9-21(10-12-23)14-19(25)18-13-16(5)24(15(3)4)17(18)6/h13,15H,7-12,14H2,1-6H3. The molecule has 0 spiro atoms. The molecular formula is C20H34N4O2. The van der Waals surface area contributed by atoms with E-state index in [0.717, 1.165) is 43.1 Å². The molecule has 0 atom stereocenters. The van der Waals surface area contributed by atoms with Crippen molar-refractivity contribution in [3.63, 3.8) is 0 Å². The fourth-order valence-corrected chi connectivity index (χ4v) is 3.93. The molecule has 0 saturated carbocycles. The lowest BCUT2D eigenvalue weighted by Gasteiger charge is -2.36. The van der Waals surface area contributed by atoms with Crippen LogP contribution >= 0.6 is 0 Å². The Morgan fingerprint density at radius 2 is 1.65 bits per heavy atom. The van der Waals surface area contributed by atoms with E-state index in [1.807, 2.05) is 36.6 Å². The van der Waals surface area contributed by atoms with E-state index in [-0.39, 0.29) is 11.8 Å². The first kappa shape index (κ1) is 20.5. The van der Waals surface area contributed by atoms with Crippen LogP contribution in [0.3, 0.4) is 0 Å². The molecule has 6 heteroatoms. The first-order chi connectivity index (χ1) is 12.3. The number of hydrogen-bond donors (Lipinski definition) is 0. The highest BCUT2D eigenvalue weighted by Crippen LogP contribution is 2.21. The second kappa shape index (κ2) is 8.71. The quantitative estimate of drug-likeness (QED) is 0.731. The number of hydrogen-bond acceptors (Lipinski definition) is 3. The zero-order valence-electron chi connectivity index (χ0n) is 17.2. The minimum atomic E-state index is 0.112. The SMILES string of the molecule is CCN(CC)C(=O)N1CCN(CC(=O)c2cc(C)n(C(C)C)c2C)CC1. The molecule has 2 heterocycles. The third kappa shape index (κ3) is 4.29. The predicted molar refractivity (Wildman–Crippen MR) is 105 cm³/mol. The van der Waals surface area contributed by atoms with Crippen molar-refractivity contribution in [2.45, 2.75) is 47.6 Å². The van der Waals surface area contributed by atoms with Gasteiger partial charge in [-0.2, -0.15) is 0 Å². The summed E-state index contributed by atoms with van der Waals surface area (Å²) in [4.78, 5) is 31.1. The molecule has 0 aromatic carbocycles. The summed E-state index contributed by atoms with van der Waals surface area (Å²) < 4.78 is 2.22. The van der Waals surface area contributed by atoms with E-state index in [1.54, 1.807) is 0 Å². The van der Waals surface area contributed by atoms with Crippen LogP contribution in [0.2, 0.25) is 0 Å². The molecule has 1 aliphatic rings. The van der Waals surface area contributed by atoms with E-state index in [1.165, 1.54) is 0 Å². The van der Waals surface area contributed by atoms with Gasteiger partial charge in [0.2, 0.25) is 0 Å². The maximum atomic E-state index is 12.8. The molecule has 1 aromatic heterocycles. The van der Waals surface area contributed by atoms with Gasteiger partial charge in [-0.15, -0.1) is 0 Å². The Morgan fingerprint density at radius 3 is 2.12 bits per heavy atom. The zero-order valence-corrected chi connectivity index (χ0v) is 17.2. The minimum absolute atomic E-state index is 0.112. The van der Waals surface area contributed by atoms with Gasteiger partial charge in [0.1, 0.15) is 0 Å². The summed E-state index contributed by atoms with van der Waals surface area (Å²) in [6.07, 6.45) is 0. The van der Waals surface area contributed by atoms with E-state index in [4.69, 9.17) is 0 Å². The summed E-state index contributed by atoms with van der Waals surface area (Å²) in [6.45, 7) is 17.1. The van der Waals surface area contributed by atoms with E-state index in [9.17, 15) is 9.59 Å². The molecule has 2 rings (SSSR count). The maximum Gasteiger partial charge on any atom is 0.320 e. The minimum Gasteiger partial charge on any atom is -0.346 e. The van der Waals surface area contributed by atoms with Crippen molar-refractivity contribution in [1.82, 2.24) is 19.3 Å². The van der Waals surface area contributed by atoms with E-state index >= 15 is 0 Å². The lowest BCUT2D eigenvalue weighted by molar-refractivity contribution is 0.0853. The van der Waals surface area contributed by atoms with Crippen molar-refractivity contribution in [2.75, 3.05) is 45.8 Å². The Bertz CT molecular complexity index is 638. The lowest BCUT2D eigenvalue weighted by atomic mass is 10.1. The molecule has 0 bridgehead atoms. The molecule has 6 nitrogen and oxygen atoms in total. The third-order valence-corrected chi connectivity index (χ3v) is 5.35. The number of carbonyl (C=O) groups excluding carboxylic acids is 2. The fourth-order valence-electron chi connectivity index (χ4n) is 3.93. The van der Waals surface area contributed by atoms with Crippen molar-refractivity contribution in [1.29, 1.82) is 0 Å². The molecule has 146 valence electrons. The third-order valence-electron chi connectivity index (χ3n) is 5.35. The Balaban J connectivity index is 1.95. The van der Waals surface area contributed by atoms with Crippen LogP contribution in [0.1, 0.15) is 55.5 Å². The number of piperazine rings is 1. The Hall–Kier alpha value is -1.82. The van der Waals surface area contributed by atoms with E-state index < -0.39 is 0 Å². The fraction of sp³-hybridized carbons (Fsp3) is 0.700. The Morgan fingerprint density at radius 1 is 1.08 bits per heavy atom. The van der Waals surface area contributed by atoms with Crippen molar-refractivity contribution in [2.24, 2.45) is 0 Å². The monoisotopic (exact) mass is 362 g/mol. The van der Waals surface area contributed by atoms with Crippen LogP contribution in [-0.4, -0.2) is 76.9 Å². The molecule has 0 radical (unpaired) electrons. The number of ketones is 1.